The quantitative estimate of drug-likeness (QED) is 0.779. The van der Waals surface area contributed by atoms with Gasteiger partial charge >= 0.3 is 5.97 Å². The Morgan fingerprint density at radius 2 is 1.97 bits per heavy atom. The summed E-state index contributed by atoms with van der Waals surface area (Å²) < 4.78 is 1.74. The van der Waals surface area contributed by atoms with Crippen LogP contribution in [0.15, 0.2) is 36.5 Å². The number of nitrogens with zero attached hydrogens (tertiary/aromatic N) is 3. The van der Waals surface area contributed by atoms with Crippen LogP contribution in [-0.4, -0.2) is 55.7 Å². The molecule has 2 N–H and O–H groups in total. The Morgan fingerprint density at radius 3 is 2.59 bits per heavy atom. The predicted molar refractivity (Wildman–Crippen MR) is 109 cm³/mol. The average molecular weight is 399 g/mol. The van der Waals surface area contributed by atoms with E-state index in [9.17, 15) is 19.8 Å². The van der Waals surface area contributed by atoms with Gasteiger partial charge in [0.05, 0.1) is 12.3 Å². The monoisotopic (exact) mass is 399 g/mol. The van der Waals surface area contributed by atoms with Gasteiger partial charge in [0.1, 0.15) is 16.9 Å². The van der Waals surface area contributed by atoms with Gasteiger partial charge in [-0.25, -0.2) is 4.98 Å². The van der Waals surface area contributed by atoms with Crippen LogP contribution in [0.1, 0.15) is 43.6 Å². The lowest BCUT2D eigenvalue weighted by Gasteiger charge is -2.43. The first-order valence-electron chi connectivity index (χ1n) is 10.0. The second-order valence-corrected chi connectivity index (χ2v) is 8.32. The molecule has 1 aliphatic rings. The number of hydrogen-bond donors (Lipinski definition) is 2. The van der Waals surface area contributed by atoms with Crippen molar-refractivity contribution in [2.45, 2.75) is 39.2 Å². The minimum Gasteiger partial charge on any atom is -0.481 e. The van der Waals surface area contributed by atoms with Gasteiger partial charge in [-0.1, -0.05) is 44.2 Å². The van der Waals surface area contributed by atoms with Crippen LogP contribution in [-0.2, 0) is 11.8 Å². The maximum absolute atomic E-state index is 13.2. The molecule has 0 saturated carbocycles. The predicted octanol–water partition coefficient (Wildman–Crippen LogP) is 2.80. The van der Waals surface area contributed by atoms with Gasteiger partial charge < -0.3 is 19.7 Å². The molecule has 7 nitrogen and oxygen atoms in total. The molecule has 156 valence electrons. The van der Waals surface area contributed by atoms with E-state index in [1.807, 2.05) is 44.2 Å². The Labute approximate surface area is 171 Å². The molecule has 0 bridgehead atoms. The summed E-state index contributed by atoms with van der Waals surface area (Å²) in [6.45, 7) is 4.37. The normalized spacial score (nSPS) is 22.1. The largest absolute Gasteiger partial charge is 0.481 e. The number of likely N-dealkylation sites (tertiary alicyclic amines) is 1. The van der Waals surface area contributed by atoms with Gasteiger partial charge in [0.25, 0.3) is 5.91 Å². The van der Waals surface area contributed by atoms with Crippen LogP contribution in [0.4, 0.5) is 0 Å². The highest BCUT2D eigenvalue weighted by Crippen LogP contribution is 2.37. The van der Waals surface area contributed by atoms with Crippen molar-refractivity contribution in [3.8, 4) is 11.4 Å². The van der Waals surface area contributed by atoms with E-state index in [4.69, 9.17) is 0 Å². The van der Waals surface area contributed by atoms with E-state index in [0.29, 0.717) is 36.8 Å². The molecule has 0 radical (unpaired) electrons. The Hall–Kier alpha value is -2.67. The summed E-state index contributed by atoms with van der Waals surface area (Å²) in [7, 11) is 1.78. The summed E-state index contributed by atoms with van der Waals surface area (Å²) >= 11 is 0. The molecule has 3 rings (SSSR count). The molecule has 0 spiro atoms. The first-order valence-corrected chi connectivity index (χ1v) is 10.0. The van der Waals surface area contributed by atoms with Gasteiger partial charge in [0.2, 0.25) is 0 Å². The van der Waals surface area contributed by atoms with E-state index < -0.39 is 17.5 Å². The van der Waals surface area contributed by atoms with Crippen LogP contribution in [0.25, 0.3) is 11.4 Å². The molecule has 1 saturated heterocycles. The standard InChI is InChI=1S/C22H29N3O4/c1-15(2)9-11-22(21(28)29)14-25(12-10-18(22)26)20(27)17-13-23-19(24(17)3)16-7-5-4-6-8-16/h4-8,13,15,18,26H,9-12,14H2,1-3H3,(H,28,29)/t18-,22+/m0/s1. The zero-order valence-electron chi connectivity index (χ0n) is 17.2. The van der Waals surface area contributed by atoms with E-state index in [0.717, 1.165) is 5.56 Å². The number of carboxylic acid groups (broad SMARTS) is 1. The highest BCUT2D eigenvalue weighted by Gasteiger charge is 2.50. The highest BCUT2D eigenvalue weighted by atomic mass is 16.4. The van der Waals surface area contributed by atoms with Gasteiger partial charge in [-0.05, 0) is 25.2 Å². The van der Waals surface area contributed by atoms with Gasteiger partial charge in [-0.2, -0.15) is 0 Å². The summed E-state index contributed by atoms with van der Waals surface area (Å²) in [4.78, 5) is 31.3. The topological polar surface area (TPSA) is 95.7 Å². The van der Waals surface area contributed by atoms with Crippen molar-refractivity contribution in [2.24, 2.45) is 18.4 Å². The lowest BCUT2D eigenvalue weighted by Crippen LogP contribution is -2.57. The molecule has 1 amide bonds. The molecule has 7 heteroatoms. The number of aliphatic hydroxyl groups is 1. The Morgan fingerprint density at radius 1 is 1.28 bits per heavy atom. The SMILES string of the molecule is CC(C)CC[C@@]1(C(=O)O)CN(C(=O)c2cnc(-c3ccccc3)n2C)CC[C@@H]1O. The highest BCUT2D eigenvalue weighted by molar-refractivity contribution is 5.94. The van der Waals surface area contributed by atoms with Crippen molar-refractivity contribution in [1.29, 1.82) is 0 Å². The van der Waals surface area contributed by atoms with E-state index in [-0.39, 0.29) is 18.9 Å². The number of carboxylic acids is 1. The minimum atomic E-state index is -1.33. The summed E-state index contributed by atoms with van der Waals surface area (Å²) in [5.74, 6) is -0.312. The van der Waals surface area contributed by atoms with Crippen LogP contribution < -0.4 is 0 Å². The van der Waals surface area contributed by atoms with Gasteiger partial charge in [-0.15, -0.1) is 0 Å². The maximum Gasteiger partial charge on any atom is 0.314 e. The first kappa shape index (κ1) is 21.0. The van der Waals surface area contributed by atoms with Crippen molar-refractivity contribution in [3.63, 3.8) is 0 Å². The van der Waals surface area contributed by atoms with Crippen molar-refractivity contribution < 1.29 is 19.8 Å². The first-order chi connectivity index (χ1) is 13.8. The summed E-state index contributed by atoms with van der Waals surface area (Å²) in [5, 5.41) is 20.5. The second kappa shape index (κ2) is 8.37. The van der Waals surface area contributed by atoms with E-state index >= 15 is 0 Å². The zero-order valence-corrected chi connectivity index (χ0v) is 17.2. The Kier molecular flexibility index (Phi) is 6.07. The number of imidazole rings is 1. The molecule has 2 atom stereocenters. The Balaban J connectivity index is 1.86. The summed E-state index contributed by atoms with van der Waals surface area (Å²) in [6.07, 6.45) is 1.83. The fourth-order valence-corrected chi connectivity index (χ4v) is 3.99. The number of aliphatic carboxylic acids is 1. The van der Waals surface area contributed by atoms with Crippen molar-refractivity contribution in [3.05, 3.63) is 42.2 Å². The third-order valence-corrected chi connectivity index (χ3v) is 5.90. The number of carbonyl (C=O) groups is 2. The number of aromatic nitrogens is 2. The number of rotatable bonds is 6. The van der Waals surface area contributed by atoms with Crippen molar-refractivity contribution in [1.82, 2.24) is 14.5 Å². The van der Waals surface area contributed by atoms with Gasteiger partial charge in [0, 0.05) is 25.7 Å². The van der Waals surface area contributed by atoms with Crippen LogP contribution in [0.2, 0.25) is 0 Å². The zero-order chi connectivity index (χ0) is 21.2. The molecule has 0 unspecified atom stereocenters. The molecule has 1 fully saturated rings. The van der Waals surface area contributed by atoms with Crippen LogP contribution in [0.3, 0.4) is 0 Å². The van der Waals surface area contributed by atoms with Crippen molar-refractivity contribution >= 4 is 11.9 Å². The van der Waals surface area contributed by atoms with Crippen LogP contribution >= 0.6 is 0 Å². The number of hydrogen-bond acceptors (Lipinski definition) is 4. The molecule has 2 aromatic rings. The van der Waals surface area contributed by atoms with Crippen LogP contribution in [0, 0.1) is 11.3 Å². The number of amides is 1. The molecule has 1 aromatic carbocycles. The Bertz CT molecular complexity index is 877. The van der Waals surface area contributed by atoms with E-state index in [1.165, 1.54) is 6.20 Å². The smallest absolute Gasteiger partial charge is 0.314 e. The fourth-order valence-electron chi connectivity index (χ4n) is 3.99. The third kappa shape index (κ3) is 4.05. The molecule has 2 heterocycles. The lowest BCUT2D eigenvalue weighted by molar-refractivity contribution is -0.163. The number of benzene rings is 1. The number of piperidine rings is 1. The molecule has 1 aliphatic heterocycles. The fraction of sp³-hybridized carbons (Fsp3) is 0.500. The number of carbonyl (C=O) groups excluding carboxylic acids is 1. The lowest BCUT2D eigenvalue weighted by atomic mass is 9.72. The average Bonchev–Trinajstić information content (AvgIpc) is 3.08. The third-order valence-electron chi connectivity index (χ3n) is 5.90. The van der Waals surface area contributed by atoms with Gasteiger partial charge in [-0.3, -0.25) is 9.59 Å². The molecular formula is C22H29N3O4. The van der Waals surface area contributed by atoms with Gasteiger partial charge in [0.15, 0.2) is 0 Å². The molecule has 1 aromatic heterocycles. The molecule has 29 heavy (non-hydrogen) atoms. The summed E-state index contributed by atoms with van der Waals surface area (Å²) in [6, 6.07) is 9.59. The number of aliphatic hydroxyl groups excluding tert-OH is 1. The van der Waals surface area contributed by atoms with E-state index in [2.05, 4.69) is 4.98 Å². The summed E-state index contributed by atoms with van der Waals surface area (Å²) in [5.41, 5.74) is -0.0257. The minimum absolute atomic E-state index is 0.000896. The van der Waals surface area contributed by atoms with Crippen molar-refractivity contribution in [2.75, 3.05) is 13.1 Å². The second-order valence-electron chi connectivity index (χ2n) is 8.32. The molecular weight excluding hydrogens is 370 g/mol. The van der Waals surface area contributed by atoms with Crippen LogP contribution in [0.5, 0.6) is 0 Å². The maximum atomic E-state index is 13.2. The molecule has 0 aliphatic carbocycles. The van der Waals surface area contributed by atoms with E-state index in [1.54, 1.807) is 16.5 Å².